The molecule has 0 spiro atoms. The average Bonchev–Trinajstić information content (AvgIpc) is 2.22. The first-order valence-corrected chi connectivity index (χ1v) is 5.63. The Morgan fingerprint density at radius 1 is 1.29 bits per heavy atom. The van der Waals surface area contributed by atoms with E-state index in [2.05, 4.69) is 16.6 Å². The Balaban J connectivity index is 3.53. The van der Waals surface area contributed by atoms with Crippen LogP contribution in [0.3, 0.4) is 0 Å². The lowest BCUT2D eigenvalue weighted by molar-refractivity contribution is -0.137. The summed E-state index contributed by atoms with van der Waals surface area (Å²) in [7, 11) is 0. The van der Waals surface area contributed by atoms with Crippen molar-refractivity contribution in [2.24, 2.45) is 0 Å². The molecule has 5 nitrogen and oxygen atoms in total. The van der Waals surface area contributed by atoms with E-state index >= 15 is 0 Å². The lowest BCUT2D eigenvalue weighted by atomic mass is 10.1. The number of carbonyl (C=O) groups is 2. The summed E-state index contributed by atoms with van der Waals surface area (Å²) in [5, 5.41) is 13.7. The zero-order valence-electron chi connectivity index (χ0n) is 10.4. The molecule has 0 unspecified atom stereocenters. The number of carbonyl (C=O) groups excluding carboxylic acids is 1. The fourth-order valence-corrected chi connectivity index (χ4v) is 1.14. The number of aliphatic carboxylic acids is 1. The summed E-state index contributed by atoms with van der Waals surface area (Å²) in [5.41, 5.74) is -0.659. The molecule has 0 atom stereocenters. The molecule has 17 heavy (non-hydrogen) atoms. The summed E-state index contributed by atoms with van der Waals surface area (Å²) in [6.07, 6.45) is 7.58. The van der Waals surface area contributed by atoms with Crippen molar-refractivity contribution in [3.8, 4) is 12.3 Å². The normalized spacial score (nSPS) is 10.4. The Morgan fingerprint density at radius 3 is 2.47 bits per heavy atom. The molecule has 0 aromatic heterocycles. The molecule has 0 fully saturated rings. The first kappa shape index (κ1) is 15.3. The number of nitrogens with one attached hydrogen (secondary N) is 2. The van der Waals surface area contributed by atoms with Gasteiger partial charge in [0.25, 0.3) is 0 Å². The molecule has 0 rings (SSSR count). The van der Waals surface area contributed by atoms with Gasteiger partial charge in [0.2, 0.25) is 0 Å². The quantitative estimate of drug-likeness (QED) is 0.464. The highest BCUT2D eigenvalue weighted by atomic mass is 16.4. The lowest BCUT2D eigenvalue weighted by Gasteiger charge is -2.19. The largest absolute Gasteiger partial charge is 0.481 e. The number of urea groups is 1. The fourth-order valence-electron chi connectivity index (χ4n) is 1.14. The van der Waals surface area contributed by atoms with E-state index in [0.717, 1.165) is 12.8 Å². The summed E-state index contributed by atoms with van der Waals surface area (Å²) in [6.45, 7) is 3.99. The van der Waals surface area contributed by atoms with Crippen LogP contribution in [0, 0.1) is 12.3 Å². The van der Waals surface area contributed by atoms with Crippen molar-refractivity contribution in [1.82, 2.24) is 10.6 Å². The summed E-state index contributed by atoms with van der Waals surface area (Å²) in [6, 6.07) is -0.300. The fraction of sp³-hybridized carbons (Fsp3) is 0.667. The molecule has 0 saturated carbocycles. The van der Waals surface area contributed by atoms with Gasteiger partial charge in [-0.15, -0.1) is 6.42 Å². The van der Waals surface area contributed by atoms with Gasteiger partial charge < -0.3 is 15.7 Å². The minimum Gasteiger partial charge on any atom is -0.481 e. The predicted octanol–water partition coefficient (Wildman–Crippen LogP) is 1.34. The van der Waals surface area contributed by atoms with E-state index in [-0.39, 0.29) is 12.5 Å². The van der Waals surface area contributed by atoms with Gasteiger partial charge in [-0.25, -0.2) is 4.79 Å². The van der Waals surface area contributed by atoms with Crippen molar-refractivity contribution in [3.63, 3.8) is 0 Å². The van der Waals surface area contributed by atoms with Crippen molar-refractivity contribution in [2.45, 2.75) is 45.1 Å². The van der Waals surface area contributed by atoms with Gasteiger partial charge in [0.15, 0.2) is 0 Å². The van der Waals surface area contributed by atoms with Crippen LogP contribution in [0.15, 0.2) is 0 Å². The topological polar surface area (TPSA) is 78.4 Å². The standard InChI is InChI=1S/C12H20N2O3/c1-4-12(2,3)14-11(17)13-9-7-5-6-8-10(15)16/h1H,5-9H2,2-3H3,(H,15,16)(H2,13,14,17). The van der Waals surface area contributed by atoms with Crippen LogP contribution in [-0.2, 0) is 4.79 Å². The van der Waals surface area contributed by atoms with Crippen LogP contribution in [0.25, 0.3) is 0 Å². The molecule has 0 aliphatic rings. The van der Waals surface area contributed by atoms with E-state index in [0.29, 0.717) is 13.0 Å². The molecule has 0 aliphatic heterocycles. The molecule has 0 saturated heterocycles. The van der Waals surface area contributed by atoms with Crippen molar-refractivity contribution in [1.29, 1.82) is 0 Å². The van der Waals surface area contributed by atoms with E-state index in [9.17, 15) is 9.59 Å². The third kappa shape index (κ3) is 9.24. The second-order valence-electron chi connectivity index (χ2n) is 4.35. The van der Waals surface area contributed by atoms with E-state index < -0.39 is 11.5 Å². The van der Waals surface area contributed by atoms with Crippen LogP contribution in [0.2, 0.25) is 0 Å². The van der Waals surface area contributed by atoms with Crippen LogP contribution in [0.1, 0.15) is 39.5 Å². The zero-order valence-corrected chi connectivity index (χ0v) is 10.4. The number of hydrogen-bond acceptors (Lipinski definition) is 2. The predicted molar refractivity (Wildman–Crippen MR) is 65.6 cm³/mol. The first-order valence-electron chi connectivity index (χ1n) is 5.63. The average molecular weight is 240 g/mol. The van der Waals surface area contributed by atoms with Gasteiger partial charge in [0.1, 0.15) is 0 Å². The number of terminal acetylenes is 1. The smallest absolute Gasteiger partial charge is 0.315 e. The van der Waals surface area contributed by atoms with Crippen molar-refractivity contribution in [2.75, 3.05) is 6.54 Å². The Labute approximate surface area is 102 Å². The molecule has 0 aromatic rings. The number of carboxylic acid groups (broad SMARTS) is 1. The van der Waals surface area contributed by atoms with E-state index in [1.54, 1.807) is 13.8 Å². The van der Waals surface area contributed by atoms with Gasteiger partial charge >= 0.3 is 12.0 Å². The van der Waals surface area contributed by atoms with Crippen LogP contribution in [0.4, 0.5) is 4.79 Å². The SMILES string of the molecule is C#CC(C)(C)NC(=O)NCCCCCC(=O)O. The minimum absolute atomic E-state index is 0.177. The Morgan fingerprint density at radius 2 is 1.94 bits per heavy atom. The monoisotopic (exact) mass is 240 g/mol. The second-order valence-corrected chi connectivity index (χ2v) is 4.35. The van der Waals surface area contributed by atoms with Crippen LogP contribution >= 0.6 is 0 Å². The maximum Gasteiger partial charge on any atom is 0.315 e. The van der Waals surface area contributed by atoms with E-state index in [1.807, 2.05) is 0 Å². The summed E-state index contributed by atoms with van der Waals surface area (Å²) >= 11 is 0. The molecule has 5 heteroatoms. The van der Waals surface area contributed by atoms with E-state index in [4.69, 9.17) is 11.5 Å². The van der Waals surface area contributed by atoms with Gasteiger partial charge in [-0.05, 0) is 26.7 Å². The molecular formula is C12H20N2O3. The van der Waals surface area contributed by atoms with Gasteiger partial charge in [-0.1, -0.05) is 12.3 Å². The maximum absolute atomic E-state index is 11.3. The summed E-state index contributed by atoms with van der Waals surface area (Å²) in [5.74, 6) is 1.67. The first-order chi connectivity index (χ1) is 7.87. The molecule has 0 bridgehead atoms. The van der Waals surface area contributed by atoms with Crippen molar-refractivity contribution < 1.29 is 14.7 Å². The molecule has 0 aliphatic carbocycles. The Hall–Kier alpha value is -1.70. The van der Waals surface area contributed by atoms with E-state index in [1.165, 1.54) is 0 Å². The third-order valence-corrected chi connectivity index (χ3v) is 2.14. The minimum atomic E-state index is -0.786. The van der Waals surface area contributed by atoms with Gasteiger partial charge in [0, 0.05) is 13.0 Å². The molecule has 0 heterocycles. The molecule has 2 amide bonds. The highest BCUT2D eigenvalue weighted by molar-refractivity contribution is 5.75. The number of unbranched alkanes of at least 4 members (excludes halogenated alkanes) is 2. The van der Waals surface area contributed by atoms with Crippen LogP contribution in [0.5, 0.6) is 0 Å². The lowest BCUT2D eigenvalue weighted by Crippen LogP contribution is -2.47. The number of hydrogen-bond donors (Lipinski definition) is 3. The highest BCUT2D eigenvalue weighted by Crippen LogP contribution is 2.00. The Bertz CT molecular complexity index is 305. The number of carboxylic acids is 1. The number of amides is 2. The van der Waals surface area contributed by atoms with Gasteiger partial charge in [0.05, 0.1) is 5.54 Å². The number of rotatable bonds is 7. The highest BCUT2D eigenvalue weighted by Gasteiger charge is 2.15. The molecule has 3 N–H and O–H groups in total. The van der Waals surface area contributed by atoms with Crippen LogP contribution < -0.4 is 10.6 Å². The van der Waals surface area contributed by atoms with Crippen molar-refractivity contribution >= 4 is 12.0 Å². The third-order valence-electron chi connectivity index (χ3n) is 2.14. The molecular weight excluding hydrogens is 220 g/mol. The molecule has 0 radical (unpaired) electrons. The van der Waals surface area contributed by atoms with Crippen molar-refractivity contribution in [3.05, 3.63) is 0 Å². The molecule has 96 valence electrons. The van der Waals surface area contributed by atoms with Gasteiger partial charge in [-0.2, -0.15) is 0 Å². The van der Waals surface area contributed by atoms with Gasteiger partial charge in [-0.3, -0.25) is 4.79 Å². The second kappa shape index (κ2) is 7.55. The zero-order chi connectivity index (χ0) is 13.3. The Kier molecular flexibility index (Phi) is 6.80. The van der Waals surface area contributed by atoms with Crippen LogP contribution in [-0.4, -0.2) is 29.2 Å². The molecule has 0 aromatic carbocycles. The maximum atomic E-state index is 11.3. The summed E-state index contributed by atoms with van der Waals surface area (Å²) < 4.78 is 0. The summed E-state index contributed by atoms with van der Waals surface area (Å²) in [4.78, 5) is 21.6.